The van der Waals surface area contributed by atoms with Crippen molar-refractivity contribution in [1.82, 2.24) is 0 Å². The number of halogens is 3. The Hall–Kier alpha value is -2.17. The third-order valence-corrected chi connectivity index (χ3v) is 3.74. The van der Waals surface area contributed by atoms with E-state index in [0.29, 0.717) is 5.69 Å². The van der Waals surface area contributed by atoms with Crippen LogP contribution in [0.4, 0.5) is 18.9 Å². The molecule has 0 radical (unpaired) electrons. The summed E-state index contributed by atoms with van der Waals surface area (Å²) in [7, 11) is 0. The molecule has 0 saturated heterocycles. The number of alkyl halides is 3. The molecule has 5 heteroatoms. The Morgan fingerprint density at radius 3 is 2.67 bits per heavy atom. The lowest BCUT2D eigenvalue weighted by Gasteiger charge is -2.17. The largest absolute Gasteiger partial charge is 0.508 e. The molecule has 0 heterocycles. The lowest BCUT2D eigenvalue weighted by molar-refractivity contribution is -0.137. The third-order valence-electron chi connectivity index (χ3n) is 3.74. The number of hydrogen-bond donors (Lipinski definition) is 2. The average Bonchev–Trinajstić information content (AvgIpc) is 2.80. The van der Waals surface area contributed by atoms with Gasteiger partial charge in [0, 0.05) is 5.69 Å². The lowest BCUT2D eigenvalue weighted by Crippen LogP contribution is -2.09. The van der Waals surface area contributed by atoms with Crippen LogP contribution in [-0.2, 0) is 12.6 Å². The molecule has 0 aromatic heterocycles. The van der Waals surface area contributed by atoms with E-state index in [1.165, 1.54) is 6.07 Å². The van der Waals surface area contributed by atoms with Gasteiger partial charge in [0.05, 0.1) is 11.6 Å². The summed E-state index contributed by atoms with van der Waals surface area (Å²) in [5.41, 5.74) is 1.87. The summed E-state index contributed by atoms with van der Waals surface area (Å²) < 4.78 is 38.1. The molecule has 21 heavy (non-hydrogen) atoms. The van der Waals surface area contributed by atoms with Crippen LogP contribution in [0, 0.1) is 0 Å². The first kappa shape index (κ1) is 13.8. The van der Waals surface area contributed by atoms with Gasteiger partial charge in [-0.05, 0) is 54.3 Å². The number of aromatic hydroxyl groups is 1. The molecule has 2 aromatic rings. The Morgan fingerprint density at radius 1 is 1.10 bits per heavy atom. The Kier molecular flexibility index (Phi) is 3.27. The second-order valence-electron chi connectivity index (χ2n) is 5.20. The van der Waals surface area contributed by atoms with Gasteiger partial charge in [0.15, 0.2) is 0 Å². The standard InChI is InChI=1S/C16H14F3NO/c17-16(18,19)11-2-1-3-12(9-11)20-15-7-4-10-8-13(21)5-6-14(10)15/h1-3,5-6,8-9,15,20-21H,4,7H2. The van der Waals surface area contributed by atoms with Crippen LogP contribution in [0.25, 0.3) is 0 Å². The topological polar surface area (TPSA) is 32.3 Å². The summed E-state index contributed by atoms with van der Waals surface area (Å²) in [5.74, 6) is 0.216. The van der Waals surface area contributed by atoms with E-state index >= 15 is 0 Å². The Bertz CT molecular complexity index is 667. The van der Waals surface area contributed by atoms with E-state index in [4.69, 9.17) is 0 Å². The fourth-order valence-corrected chi connectivity index (χ4v) is 2.74. The zero-order chi connectivity index (χ0) is 15.0. The second kappa shape index (κ2) is 4.98. The maximum absolute atomic E-state index is 12.7. The highest BCUT2D eigenvalue weighted by Gasteiger charge is 2.31. The SMILES string of the molecule is Oc1ccc2c(c1)CCC2Nc1cccc(C(F)(F)F)c1. The second-order valence-corrected chi connectivity index (χ2v) is 5.20. The number of fused-ring (bicyclic) bond motifs is 1. The molecule has 3 rings (SSSR count). The first-order chi connectivity index (χ1) is 9.93. The van der Waals surface area contributed by atoms with Gasteiger partial charge in [-0.15, -0.1) is 0 Å². The van der Waals surface area contributed by atoms with Crippen LogP contribution in [-0.4, -0.2) is 5.11 Å². The van der Waals surface area contributed by atoms with E-state index in [2.05, 4.69) is 5.32 Å². The smallest absolute Gasteiger partial charge is 0.416 e. The molecule has 2 aromatic carbocycles. The first-order valence-corrected chi connectivity index (χ1v) is 6.69. The monoisotopic (exact) mass is 293 g/mol. The lowest BCUT2D eigenvalue weighted by atomic mass is 10.1. The van der Waals surface area contributed by atoms with Crippen molar-refractivity contribution in [1.29, 1.82) is 0 Å². The first-order valence-electron chi connectivity index (χ1n) is 6.69. The summed E-state index contributed by atoms with van der Waals surface area (Å²) in [4.78, 5) is 0. The quantitative estimate of drug-likeness (QED) is 0.853. The van der Waals surface area contributed by atoms with E-state index < -0.39 is 11.7 Å². The molecular formula is C16H14F3NO. The number of phenolic OH excluding ortho intramolecular Hbond substituents is 1. The maximum atomic E-state index is 12.7. The number of phenols is 1. The molecule has 0 amide bonds. The van der Waals surface area contributed by atoms with Crippen LogP contribution in [0.5, 0.6) is 5.75 Å². The summed E-state index contributed by atoms with van der Waals surface area (Å²) >= 11 is 0. The molecule has 0 spiro atoms. The fraction of sp³-hybridized carbons (Fsp3) is 0.250. The summed E-state index contributed by atoms with van der Waals surface area (Å²) in [5, 5.41) is 12.6. The van der Waals surface area contributed by atoms with Crippen LogP contribution < -0.4 is 5.32 Å². The van der Waals surface area contributed by atoms with Gasteiger partial charge < -0.3 is 10.4 Å². The van der Waals surface area contributed by atoms with Crippen molar-refractivity contribution in [2.75, 3.05) is 5.32 Å². The van der Waals surface area contributed by atoms with Crippen LogP contribution in [0.1, 0.15) is 29.2 Å². The number of rotatable bonds is 2. The van der Waals surface area contributed by atoms with E-state index in [1.807, 2.05) is 6.07 Å². The number of anilines is 1. The van der Waals surface area contributed by atoms with Gasteiger partial charge in [-0.3, -0.25) is 0 Å². The molecule has 0 aliphatic heterocycles. The minimum Gasteiger partial charge on any atom is -0.508 e. The van der Waals surface area contributed by atoms with Crippen molar-refractivity contribution in [3.63, 3.8) is 0 Å². The van der Waals surface area contributed by atoms with Gasteiger partial charge in [-0.1, -0.05) is 12.1 Å². The molecular weight excluding hydrogens is 279 g/mol. The summed E-state index contributed by atoms with van der Waals surface area (Å²) in [6.45, 7) is 0. The number of aryl methyl sites for hydroxylation is 1. The van der Waals surface area contributed by atoms with Gasteiger partial charge in [0.25, 0.3) is 0 Å². The van der Waals surface area contributed by atoms with Crippen molar-refractivity contribution in [2.24, 2.45) is 0 Å². The molecule has 0 saturated carbocycles. The van der Waals surface area contributed by atoms with E-state index in [0.717, 1.165) is 36.1 Å². The molecule has 1 unspecified atom stereocenters. The van der Waals surface area contributed by atoms with Crippen LogP contribution >= 0.6 is 0 Å². The molecule has 0 fully saturated rings. The molecule has 2 N–H and O–H groups in total. The predicted octanol–water partition coefficient (Wildman–Crippen LogP) is 4.51. The molecule has 2 nitrogen and oxygen atoms in total. The molecule has 110 valence electrons. The van der Waals surface area contributed by atoms with Crippen LogP contribution in [0.2, 0.25) is 0 Å². The van der Waals surface area contributed by atoms with Crippen molar-refractivity contribution in [3.8, 4) is 5.75 Å². The van der Waals surface area contributed by atoms with E-state index in [9.17, 15) is 18.3 Å². The Labute approximate surface area is 120 Å². The third kappa shape index (κ3) is 2.82. The van der Waals surface area contributed by atoms with Crippen molar-refractivity contribution in [3.05, 3.63) is 59.2 Å². The van der Waals surface area contributed by atoms with Crippen LogP contribution in [0.15, 0.2) is 42.5 Å². The van der Waals surface area contributed by atoms with Crippen LogP contribution in [0.3, 0.4) is 0 Å². The minimum atomic E-state index is -4.34. The van der Waals surface area contributed by atoms with Gasteiger partial charge >= 0.3 is 6.18 Å². The molecule has 1 aliphatic carbocycles. The fourth-order valence-electron chi connectivity index (χ4n) is 2.74. The Morgan fingerprint density at radius 2 is 1.90 bits per heavy atom. The molecule has 1 atom stereocenters. The highest BCUT2D eigenvalue weighted by atomic mass is 19.4. The Balaban J connectivity index is 1.83. The van der Waals surface area contributed by atoms with Gasteiger partial charge in [-0.2, -0.15) is 13.2 Å². The van der Waals surface area contributed by atoms with Gasteiger partial charge in [0.2, 0.25) is 0 Å². The zero-order valence-electron chi connectivity index (χ0n) is 11.1. The molecule has 0 bridgehead atoms. The van der Waals surface area contributed by atoms with E-state index in [1.54, 1.807) is 18.2 Å². The number of nitrogens with one attached hydrogen (secondary N) is 1. The molecule has 1 aliphatic rings. The average molecular weight is 293 g/mol. The highest BCUT2D eigenvalue weighted by molar-refractivity contribution is 5.51. The minimum absolute atomic E-state index is 0.0240. The van der Waals surface area contributed by atoms with Crippen molar-refractivity contribution < 1.29 is 18.3 Å². The number of benzene rings is 2. The predicted molar refractivity (Wildman–Crippen MR) is 74.2 cm³/mol. The summed E-state index contributed by atoms with van der Waals surface area (Å²) in [6, 6.07) is 10.3. The van der Waals surface area contributed by atoms with Crippen molar-refractivity contribution in [2.45, 2.75) is 25.1 Å². The van der Waals surface area contributed by atoms with Gasteiger partial charge in [-0.25, -0.2) is 0 Å². The zero-order valence-corrected chi connectivity index (χ0v) is 11.1. The van der Waals surface area contributed by atoms with Gasteiger partial charge in [0.1, 0.15) is 5.75 Å². The summed E-state index contributed by atoms with van der Waals surface area (Å²) in [6.07, 6.45) is -2.73. The highest BCUT2D eigenvalue weighted by Crippen LogP contribution is 2.37. The number of hydrogen-bond acceptors (Lipinski definition) is 2. The van der Waals surface area contributed by atoms with E-state index in [-0.39, 0.29) is 11.8 Å². The normalized spacial score (nSPS) is 17.6. The maximum Gasteiger partial charge on any atom is 0.416 e. The van der Waals surface area contributed by atoms with Crippen molar-refractivity contribution >= 4 is 5.69 Å².